The minimum atomic E-state index is 0.153. The molecule has 5 heteroatoms. The molecule has 1 rings (SSSR count). The van der Waals surface area contributed by atoms with Gasteiger partial charge in [0.15, 0.2) is 0 Å². The number of nitrogens with zero attached hydrogens (tertiary/aromatic N) is 2. The van der Waals surface area contributed by atoms with E-state index < -0.39 is 0 Å². The predicted molar refractivity (Wildman–Crippen MR) is 49.2 cm³/mol. The normalized spacial score (nSPS) is 20.1. The third-order valence-corrected chi connectivity index (χ3v) is 2.32. The summed E-state index contributed by atoms with van der Waals surface area (Å²) in [5.41, 5.74) is 0. The molecule has 0 aliphatic carbocycles. The van der Waals surface area contributed by atoms with Crippen molar-refractivity contribution in [3.63, 3.8) is 0 Å². The molecule has 1 amide bonds. The molecule has 0 unspecified atom stereocenters. The number of piperazine rings is 1. The van der Waals surface area contributed by atoms with E-state index in [2.05, 4.69) is 10.2 Å². The molecule has 1 heterocycles. The Bertz CT molecular complexity index is 146. The fourth-order valence-corrected chi connectivity index (χ4v) is 1.44. The fourth-order valence-electron chi connectivity index (χ4n) is 1.44. The molecule has 1 aliphatic rings. The number of amides is 1. The molecule has 0 aromatic carbocycles. The van der Waals surface area contributed by atoms with Crippen LogP contribution in [0.2, 0.25) is 0 Å². The maximum absolute atomic E-state index is 9.97. The van der Waals surface area contributed by atoms with Gasteiger partial charge in [0.2, 0.25) is 6.41 Å². The Morgan fingerprint density at radius 3 is 2.38 bits per heavy atom. The van der Waals surface area contributed by atoms with Crippen molar-refractivity contribution in [2.45, 2.75) is 0 Å². The fraction of sp³-hybridized carbons (Fsp3) is 0.875. The van der Waals surface area contributed by atoms with Gasteiger partial charge in [0.25, 0.3) is 0 Å². The van der Waals surface area contributed by atoms with Crippen LogP contribution >= 0.6 is 0 Å². The lowest BCUT2D eigenvalue weighted by Crippen LogP contribution is -2.48. The van der Waals surface area contributed by atoms with Crippen molar-refractivity contribution in [2.75, 3.05) is 46.0 Å². The zero-order valence-corrected chi connectivity index (χ0v) is 7.78. The van der Waals surface area contributed by atoms with E-state index >= 15 is 0 Å². The van der Waals surface area contributed by atoms with E-state index in [1.165, 1.54) is 0 Å². The lowest BCUT2D eigenvalue weighted by atomic mass is 10.3. The molecule has 0 radical (unpaired) electrons. The van der Waals surface area contributed by atoms with Gasteiger partial charge < -0.3 is 10.4 Å². The first-order valence-electron chi connectivity index (χ1n) is 4.59. The molecule has 0 aromatic heterocycles. The summed E-state index contributed by atoms with van der Waals surface area (Å²) in [6.07, 6.45) is 0.726. The third kappa shape index (κ3) is 3.71. The minimum absolute atomic E-state index is 0.153. The van der Waals surface area contributed by atoms with Crippen molar-refractivity contribution in [2.24, 2.45) is 0 Å². The number of nitrogens with one attached hydrogen (secondary N) is 1. The van der Waals surface area contributed by atoms with Crippen molar-refractivity contribution >= 4 is 6.41 Å². The topological polar surface area (TPSA) is 55.8 Å². The highest BCUT2D eigenvalue weighted by atomic mass is 16.3. The second-order valence-electron chi connectivity index (χ2n) is 3.17. The maximum atomic E-state index is 9.97. The molecule has 0 saturated carbocycles. The van der Waals surface area contributed by atoms with Crippen LogP contribution in [0.15, 0.2) is 0 Å². The van der Waals surface area contributed by atoms with Gasteiger partial charge in [0.05, 0.1) is 6.73 Å². The van der Waals surface area contributed by atoms with E-state index in [1.54, 1.807) is 0 Å². The predicted octanol–water partition coefficient (Wildman–Crippen LogP) is -1.70. The van der Waals surface area contributed by atoms with Crippen molar-refractivity contribution in [3.8, 4) is 0 Å². The van der Waals surface area contributed by atoms with E-state index in [-0.39, 0.29) is 6.73 Å². The molecule has 76 valence electrons. The van der Waals surface area contributed by atoms with E-state index in [0.717, 1.165) is 39.1 Å². The molecule has 0 bridgehead atoms. The van der Waals surface area contributed by atoms with E-state index in [0.29, 0.717) is 6.54 Å². The Morgan fingerprint density at radius 1 is 1.23 bits per heavy atom. The summed E-state index contributed by atoms with van der Waals surface area (Å²) in [4.78, 5) is 14.3. The molecule has 5 nitrogen and oxygen atoms in total. The number of hydrogen-bond acceptors (Lipinski definition) is 4. The van der Waals surface area contributed by atoms with Crippen LogP contribution in [-0.4, -0.2) is 67.3 Å². The molecule has 13 heavy (non-hydrogen) atoms. The van der Waals surface area contributed by atoms with Gasteiger partial charge in [-0.2, -0.15) is 0 Å². The summed E-state index contributed by atoms with van der Waals surface area (Å²) in [6, 6.07) is 0. The second kappa shape index (κ2) is 5.90. The van der Waals surface area contributed by atoms with Crippen molar-refractivity contribution in [1.82, 2.24) is 15.1 Å². The quantitative estimate of drug-likeness (QED) is 0.398. The molecular formula is C8H17N3O2. The first-order valence-corrected chi connectivity index (χ1v) is 4.59. The highest BCUT2D eigenvalue weighted by Gasteiger charge is 2.14. The maximum Gasteiger partial charge on any atom is 0.207 e. The third-order valence-electron chi connectivity index (χ3n) is 2.32. The first-order chi connectivity index (χ1) is 6.36. The van der Waals surface area contributed by atoms with Gasteiger partial charge in [-0.25, -0.2) is 0 Å². The SMILES string of the molecule is O=CNCCN1CCN(CO)CC1. The summed E-state index contributed by atoms with van der Waals surface area (Å²) in [5, 5.41) is 11.5. The zero-order chi connectivity index (χ0) is 9.52. The van der Waals surface area contributed by atoms with Gasteiger partial charge in [-0.1, -0.05) is 0 Å². The second-order valence-corrected chi connectivity index (χ2v) is 3.17. The molecular weight excluding hydrogens is 170 g/mol. The van der Waals surface area contributed by atoms with Gasteiger partial charge in [0, 0.05) is 39.3 Å². The van der Waals surface area contributed by atoms with E-state index in [9.17, 15) is 4.79 Å². The average molecular weight is 187 g/mol. The van der Waals surface area contributed by atoms with Crippen LogP contribution in [-0.2, 0) is 4.79 Å². The number of aliphatic hydroxyl groups is 1. The van der Waals surface area contributed by atoms with Crippen LogP contribution in [0.25, 0.3) is 0 Å². The molecule has 0 aromatic rings. The molecule has 1 saturated heterocycles. The van der Waals surface area contributed by atoms with Gasteiger partial charge in [-0.15, -0.1) is 0 Å². The largest absolute Gasteiger partial charge is 0.381 e. The highest BCUT2D eigenvalue weighted by Crippen LogP contribution is 1.98. The van der Waals surface area contributed by atoms with Crippen LogP contribution < -0.4 is 5.32 Å². The van der Waals surface area contributed by atoms with Crippen molar-refractivity contribution in [3.05, 3.63) is 0 Å². The Kier molecular flexibility index (Phi) is 4.74. The Hall–Kier alpha value is -0.650. The van der Waals surface area contributed by atoms with Crippen molar-refractivity contribution in [1.29, 1.82) is 0 Å². The zero-order valence-electron chi connectivity index (χ0n) is 7.78. The molecule has 2 N–H and O–H groups in total. The van der Waals surface area contributed by atoms with Crippen LogP contribution in [0, 0.1) is 0 Å². The Labute approximate surface area is 78.3 Å². The Morgan fingerprint density at radius 2 is 1.85 bits per heavy atom. The number of hydrogen-bond donors (Lipinski definition) is 2. The number of aliphatic hydroxyl groups excluding tert-OH is 1. The summed E-state index contributed by atoms with van der Waals surface area (Å²) in [7, 11) is 0. The summed E-state index contributed by atoms with van der Waals surface area (Å²) < 4.78 is 0. The van der Waals surface area contributed by atoms with Gasteiger partial charge >= 0.3 is 0 Å². The summed E-state index contributed by atoms with van der Waals surface area (Å²) in [6.45, 7) is 5.54. The van der Waals surface area contributed by atoms with E-state index in [4.69, 9.17) is 5.11 Å². The molecule has 1 aliphatic heterocycles. The highest BCUT2D eigenvalue weighted by molar-refractivity contribution is 5.45. The number of carbonyl (C=O) groups excluding carboxylic acids is 1. The molecule has 0 atom stereocenters. The van der Waals surface area contributed by atoms with Crippen LogP contribution in [0.3, 0.4) is 0 Å². The minimum Gasteiger partial charge on any atom is -0.381 e. The molecule has 1 fully saturated rings. The number of rotatable bonds is 5. The lowest BCUT2D eigenvalue weighted by Gasteiger charge is -2.33. The van der Waals surface area contributed by atoms with Gasteiger partial charge in [-0.05, 0) is 0 Å². The number of carbonyl (C=O) groups is 1. The average Bonchev–Trinajstić information content (AvgIpc) is 2.19. The Balaban J connectivity index is 2.06. The van der Waals surface area contributed by atoms with Crippen molar-refractivity contribution < 1.29 is 9.90 Å². The summed E-state index contributed by atoms with van der Waals surface area (Å²) in [5.74, 6) is 0. The lowest BCUT2D eigenvalue weighted by molar-refractivity contribution is -0.109. The smallest absolute Gasteiger partial charge is 0.207 e. The monoisotopic (exact) mass is 187 g/mol. The first kappa shape index (κ1) is 10.4. The standard InChI is InChI=1S/C8H17N3O2/c12-7-9-1-2-10-3-5-11(8-13)6-4-10/h7,13H,1-6,8H2,(H,9,12). The van der Waals surface area contributed by atoms with E-state index in [1.807, 2.05) is 4.90 Å². The molecule has 0 spiro atoms. The summed E-state index contributed by atoms with van der Waals surface area (Å²) >= 11 is 0. The van der Waals surface area contributed by atoms with Crippen LogP contribution in [0.4, 0.5) is 0 Å². The van der Waals surface area contributed by atoms with Crippen LogP contribution in [0.5, 0.6) is 0 Å². The van der Waals surface area contributed by atoms with Gasteiger partial charge in [0.1, 0.15) is 0 Å². The van der Waals surface area contributed by atoms with Crippen LogP contribution in [0.1, 0.15) is 0 Å². The van der Waals surface area contributed by atoms with Gasteiger partial charge in [-0.3, -0.25) is 14.6 Å².